The van der Waals surface area contributed by atoms with Crippen molar-refractivity contribution < 1.29 is 9.21 Å². The fraction of sp³-hybridized carbons (Fsp3) is 0.261. The molecule has 1 unspecified atom stereocenters. The largest absolute Gasteiger partial charge is 0.467 e. The number of benzene rings is 1. The Kier molecular flexibility index (Phi) is 5.26. The van der Waals surface area contributed by atoms with E-state index >= 15 is 0 Å². The molecule has 8 nitrogen and oxygen atoms in total. The molecule has 1 atom stereocenters. The van der Waals surface area contributed by atoms with Gasteiger partial charge in [0.2, 0.25) is 0 Å². The lowest BCUT2D eigenvalue weighted by atomic mass is 10.0. The molecule has 0 aliphatic carbocycles. The Morgan fingerprint density at radius 1 is 1.16 bits per heavy atom. The summed E-state index contributed by atoms with van der Waals surface area (Å²) in [4.78, 5) is 17.7. The Labute approximate surface area is 189 Å². The van der Waals surface area contributed by atoms with Crippen molar-refractivity contribution in [3.63, 3.8) is 0 Å². The minimum atomic E-state index is -0.268. The molecule has 3 aromatic heterocycles. The fourth-order valence-corrected chi connectivity index (χ4v) is 4.69. The standard InChI is InChI=1S/C23H22N6O2S/c1-14-6-8-17(9-7-14)18-12-19(20-5-4-10-31-20)29(27-18)22(30)13-32-23-26-25-21-11-15(2)24-16(3)28(21)23/h4-11,19H,12-13H2,1-3H3. The van der Waals surface area contributed by atoms with E-state index in [9.17, 15) is 4.79 Å². The van der Waals surface area contributed by atoms with E-state index in [-0.39, 0.29) is 17.7 Å². The third-order valence-electron chi connectivity index (χ3n) is 5.41. The summed E-state index contributed by atoms with van der Waals surface area (Å²) in [6, 6.07) is 13.5. The van der Waals surface area contributed by atoms with Crippen molar-refractivity contribution >= 4 is 29.0 Å². The van der Waals surface area contributed by atoms with Crippen LogP contribution in [0.1, 0.15) is 40.9 Å². The number of furan rings is 1. The number of carbonyl (C=O) groups is 1. The van der Waals surface area contributed by atoms with E-state index in [4.69, 9.17) is 4.42 Å². The van der Waals surface area contributed by atoms with E-state index in [1.54, 1.807) is 11.3 Å². The van der Waals surface area contributed by atoms with E-state index in [1.165, 1.54) is 17.3 Å². The molecule has 0 radical (unpaired) electrons. The normalized spacial score (nSPS) is 16.0. The first-order valence-electron chi connectivity index (χ1n) is 10.3. The lowest BCUT2D eigenvalue weighted by Crippen LogP contribution is -2.28. The highest BCUT2D eigenvalue weighted by molar-refractivity contribution is 7.99. The van der Waals surface area contributed by atoms with Crippen LogP contribution in [-0.4, -0.2) is 42.0 Å². The van der Waals surface area contributed by atoms with Crippen molar-refractivity contribution in [1.82, 2.24) is 24.6 Å². The summed E-state index contributed by atoms with van der Waals surface area (Å²) in [5.74, 6) is 1.57. The van der Waals surface area contributed by atoms with Crippen molar-refractivity contribution in [2.75, 3.05) is 5.75 Å². The molecule has 0 bridgehead atoms. The lowest BCUT2D eigenvalue weighted by molar-refractivity contribution is -0.130. The molecule has 1 aliphatic heterocycles. The molecule has 0 spiro atoms. The highest BCUT2D eigenvalue weighted by Gasteiger charge is 2.35. The van der Waals surface area contributed by atoms with Crippen LogP contribution in [-0.2, 0) is 4.79 Å². The molecule has 32 heavy (non-hydrogen) atoms. The smallest absolute Gasteiger partial charge is 0.253 e. The number of fused-ring (bicyclic) bond motifs is 1. The average molecular weight is 447 g/mol. The van der Waals surface area contributed by atoms with Gasteiger partial charge in [-0.3, -0.25) is 9.20 Å². The highest BCUT2D eigenvalue weighted by atomic mass is 32.2. The number of hydrazone groups is 1. The number of carbonyl (C=O) groups excluding carboxylic acids is 1. The molecule has 0 fully saturated rings. The van der Waals surface area contributed by atoms with Crippen LogP contribution in [0.5, 0.6) is 0 Å². The molecule has 1 aromatic carbocycles. The average Bonchev–Trinajstić information content (AvgIpc) is 3.51. The van der Waals surface area contributed by atoms with E-state index in [0.717, 1.165) is 34.2 Å². The highest BCUT2D eigenvalue weighted by Crippen LogP contribution is 2.34. The molecule has 4 aromatic rings. The molecule has 0 saturated carbocycles. The minimum Gasteiger partial charge on any atom is -0.467 e. The van der Waals surface area contributed by atoms with Crippen molar-refractivity contribution in [2.24, 2.45) is 5.10 Å². The van der Waals surface area contributed by atoms with Gasteiger partial charge in [0.05, 0.1) is 17.7 Å². The maximum Gasteiger partial charge on any atom is 0.253 e. The second kappa shape index (κ2) is 8.23. The number of aryl methyl sites for hydroxylation is 3. The van der Waals surface area contributed by atoms with Gasteiger partial charge >= 0.3 is 0 Å². The molecule has 1 amide bonds. The van der Waals surface area contributed by atoms with Crippen LogP contribution in [0.15, 0.2) is 63.4 Å². The molecule has 0 saturated heterocycles. The van der Waals surface area contributed by atoms with Crippen LogP contribution in [0.3, 0.4) is 0 Å². The Morgan fingerprint density at radius 2 is 1.97 bits per heavy atom. The predicted octanol–water partition coefficient (Wildman–Crippen LogP) is 4.11. The molecule has 4 heterocycles. The van der Waals surface area contributed by atoms with Gasteiger partial charge in [-0.1, -0.05) is 41.6 Å². The van der Waals surface area contributed by atoms with Crippen LogP contribution in [0.4, 0.5) is 0 Å². The molecule has 162 valence electrons. The summed E-state index contributed by atoms with van der Waals surface area (Å²) >= 11 is 1.33. The first kappa shape index (κ1) is 20.4. The van der Waals surface area contributed by atoms with Gasteiger partial charge in [-0.15, -0.1) is 10.2 Å². The summed E-state index contributed by atoms with van der Waals surface area (Å²) < 4.78 is 7.49. The van der Waals surface area contributed by atoms with Crippen LogP contribution in [0, 0.1) is 20.8 Å². The van der Waals surface area contributed by atoms with Gasteiger partial charge in [-0.25, -0.2) is 9.99 Å². The third kappa shape index (κ3) is 3.80. The van der Waals surface area contributed by atoms with Gasteiger partial charge in [-0.05, 0) is 38.5 Å². The van der Waals surface area contributed by atoms with E-state index in [0.29, 0.717) is 11.6 Å². The number of amides is 1. The zero-order valence-corrected chi connectivity index (χ0v) is 18.8. The van der Waals surface area contributed by atoms with Crippen molar-refractivity contribution in [1.29, 1.82) is 0 Å². The Balaban J connectivity index is 1.39. The van der Waals surface area contributed by atoms with Crippen molar-refractivity contribution in [3.05, 3.63) is 77.1 Å². The zero-order chi connectivity index (χ0) is 22.2. The molecule has 5 rings (SSSR count). The SMILES string of the molecule is Cc1ccc(C2=NN(C(=O)CSc3nnc4cc(C)nc(C)n34)C(c3ccco3)C2)cc1. The predicted molar refractivity (Wildman–Crippen MR) is 122 cm³/mol. The maximum absolute atomic E-state index is 13.2. The van der Waals surface area contributed by atoms with Crippen molar-refractivity contribution in [3.8, 4) is 0 Å². The number of aromatic nitrogens is 4. The number of hydrogen-bond donors (Lipinski definition) is 0. The quantitative estimate of drug-likeness (QED) is 0.429. The van der Waals surface area contributed by atoms with Crippen LogP contribution in [0.25, 0.3) is 5.65 Å². The first-order chi connectivity index (χ1) is 15.5. The Morgan fingerprint density at radius 3 is 2.72 bits per heavy atom. The lowest BCUT2D eigenvalue weighted by Gasteiger charge is -2.19. The number of rotatable bonds is 5. The van der Waals surface area contributed by atoms with Gasteiger partial charge in [0.1, 0.15) is 17.6 Å². The first-order valence-corrected chi connectivity index (χ1v) is 11.3. The summed E-state index contributed by atoms with van der Waals surface area (Å²) in [7, 11) is 0. The molecular weight excluding hydrogens is 424 g/mol. The second-order valence-corrected chi connectivity index (χ2v) is 8.74. The monoisotopic (exact) mass is 446 g/mol. The Hall–Kier alpha value is -3.46. The third-order valence-corrected chi connectivity index (χ3v) is 6.32. The molecule has 0 N–H and O–H groups in total. The fourth-order valence-electron chi connectivity index (χ4n) is 3.85. The molecular formula is C23H22N6O2S. The van der Waals surface area contributed by atoms with Gasteiger partial charge in [-0.2, -0.15) is 5.10 Å². The van der Waals surface area contributed by atoms with Crippen LogP contribution in [0.2, 0.25) is 0 Å². The van der Waals surface area contributed by atoms with Gasteiger partial charge in [0.15, 0.2) is 10.8 Å². The second-order valence-electron chi connectivity index (χ2n) is 7.80. The van der Waals surface area contributed by atoms with E-state index in [2.05, 4.69) is 32.4 Å². The summed E-state index contributed by atoms with van der Waals surface area (Å²) in [6.45, 7) is 5.87. The summed E-state index contributed by atoms with van der Waals surface area (Å²) in [6.07, 6.45) is 2.22. The minimum absolute atomic E-state index is 0.118. The number of nitrogens with zero attached hydrogens (tertiary/aromatic N) is 6. The van der Waals surface area contributed by atoms with E-state index < -0.39 is 0 Å². The van der Waals surface area contributed by atoms with Crippen LogP contribution >= 0.6 is 11.8 Å². The summed E-state index contributed by atoms with van der Waals surface area (Å²) in [5, 5.41) is 15.3. The Bertz CT molecular complexity index is 1310. The van der Waals surface area contributed by atoms with Crippen molar-refractivity contribution in [2.45, 2.75) is 38.4 Å². The van der Waals surface area contributed by atoms with Crippen LogP contribution < -0.4 is 0 Å². The number of hydrogen-bond acceptors (Lipinski definition) is 7. The van der Waals surface area contributed by atoms with Gasteiger partial charge in [0, 0.05) is 18.2 Å². The zero-order valence-electron chi connectivity index (χ0n) is 18.0. The topological polar surface area (TPSA) is 88.9 Å². The number of thioether (sulfide) groups is 1. The van der Waals surface area contributed by atoms with Gasteiger partial charge in [0.25, 0.3) is 5.91 Å². The van der Waals surface area contributed by atoms with E-state index in [1.807, 2.05) is 55.5 Å². The van der Waals surface area contributed by atoms with Gasteiger partial charge < -0.3 is 4.42 Å². The maximum atomic E-state index is 13.2. The summed E-state index contributed by atoms with van der Waals surface area (Å²) in [5.41, 5.74) is 4.66. The molecule has 1 aliphatic rings. The molecule has 9 heteroatoms.